The van der Waals surface area contributed by atoms with Gasteiger partial charge in [0, 0.05) is 35.8 Å². The molecule has 4 nitrogen and oxygen atoms in total. The third kappa shape index (κ3) is 3.32. The van der Waals surface area contributed by atoms with Crippen LogP contribution in [-0.4, -0.2) is 19.7 Å². The van der Waals surface area contributed by atoms with E-state index in [4.69, 9.17) is 0 Å². The first-order valence-corrected chi connectivity index (χ1v) is 10.7. The average Bonchev–Trinajstić information content (AvgIpc) is 3.25. The second kappa shape index (κ2) is 7.41. The number of nitrogens with one attached hydrogen (secondary N) is 1. The molecular formula is C24H22N4S. The van der Waals surface area contributed by atoms with Crippen LogP contribution >= 0.6 is 11.8 Å². The van der Waals surface area contributed by atoms with Crippen LogP contribution in [0.2, 0.25) is 0 Å². The van der Waals surface area contributed by atoms with E-state index in [0.29, 0.717) is 0 Å². The SMILES string of the molecule is Cc1[nH]c2ccccc2c1CSc1nnc(Cc2cccc3ccccc23)n1C. The van der Waals surface area contributed by atoms with Gasteiger partial charge in [-0.25, -0.2) is 0 Å². The van der Waals surface area contributed by atoms with Crippen LogP contribution in [0.25, 0.3) is 21.7 Å². The summed E-state index contributed by atoms with van der Waals surface area (Å²) in [7, 11) is 2.06. The van der Waals surface area contributed by atoms with E-state index >= 15 is 0 Å². The molecule has 2 aromatic heterocycles. The largest absolute Gasteiger partial charge is 0.358 e. The van der Waals surface area contributed by atoms with Crippen LogP contribution in [0.3, 0.4) is 0 Å². The molecule has 1 N–H and O–H groups in total. The highest BCUT2D eigenvalue weighted by atomic mass is 32.2. The van der Waals surface area contributed by atoms with Gasteiger partial charge < -0.3 is 9.55 Å². The van der Waals surface area contributed by atoms with E-state index < -0.39 is 0 Å². The standard InChI is InChI=1S/C24H22N4S/c1-16-21(20-12-5-6-13-22(20)25-16)15-29-24-27-26-23(28(24)2)14-18-10-7-9-17-8-3-4-11-19(17)18/h3-13,25H,14-15H2,1-2H3. The number of aromatic amines is 1. The van der Waals surface area contributed by atoms with Crippen molar-refractivity contribution in [2.45, 2.75) is 24.3 Å². The molecule has 0 unspecified atom stereocenters. The minimum absolute atomic E-state index is 0.775. The molecule has 144 valence electrons. The fraction of sp³-hybridized carbons (Fsp3) is 0.167. The molecule has 0 radical (unpaired) electrons. The Morgan fingerprint density at radius 1 is 0.897 bits per heavy atom. The van der Waals surface area contributed by atoms with Gasteiger partial charge in [0.15, 0.2) is 5.16 Å². The zero-order valence-electron chi connectivity index (χ0n) is 16.5. The van der Waals surface area contributed by atoms with Crippen molar-refractivity contribution < 1.29 is 0 Å². The molecule has 2 heterocycles. The van der Waals surface area contributed by atoms with Crippen molar-refractivity contribution >= 4 is 33.4 Å². The Balaban J connectivity index is 1.39. The van der Waals surface area contributed by atoms with Crippen molar-refractivity contribution in [2.75, 3.05) is 0 Å². The topological polar surface area (TPSA) is 46.5 Å². The van der Waals surface area contributed by atoms with Gasteiger partial charge in [-0.3, -0.25) is 0 Å². The maximum absolute atomic E-state index is 4.49. The Kier molecular flexibility index (Phi) is 4.60. The number of para-hydroxylation sites is 1. The Morgan fingerprint density at radius 2 is 1.66 bits per heavy atom. The molecule has 0 fully saturated rings. The van der Waals surface area contributed by atoms with Crippen LogP contribution in [0.15, 0.2) is 71.9 Å². The minimum atomic E-state index is 0.775. The van der Waals surface area contributed by atoms with Gasteiger partial charge in [0.05, 0.1) is 0 Å². The van der Waals surface area contributed by atoms with Crippen molar-refractivity contribution in [3.05, 3.63) is 89.4 Å². The first-order valence-electron chi connectivity index (χ1n) is 9.74. The van der Waals surface area contributed by atoms with Crippen molar-refractivity contribution in [1.82, 2.24) is 19.7 Å². The monoisotopic (exact) mass is 398 g/mol. The van der Waals surface area contributed by atoms with Crippen molar-refractivity contribution in [2.24, 2.45) is 7.05 Å². The Morgan fingerprint density at radius 3 is 2.55 bits per heavy atom. The van der Waals surface area contributed by atoms with Crippen LogP contribution in [0.4, 0.5) is 0 Å². The lowest BCUT2D eigenvalue weighted by atomic mass is 10.0. The summed E-state index contributed by atoms with van der Waals surface area (Å²) in [6.45, 7) is 2.14. The van der Waals surface area contributed by atoms with Crippen LogP contribution in [0.5, 0.6) is 0 Å². The molecule has 0 saturated heterocycles. The van der Waals surface area contributed by atoms with Crippen LogP contribution in [0, 0.1) is 6.92 Å². The highest BCUT2D eigenvalue weighted by molar-refractivity contribution is 7.98. The fourth-order valence-electron chi connectivity index (χ4n) is 3.90. The number of nitrogens with zero attached hydrogens (tertiary/aromatic N) is 3. The van der Waals surface area contributed by atoms with E-state index in [1.165, 1.54) is 38.5 Å². The minimum Gasteiger partial charge on any atom is -0.358 e. The second-order valence-corrected chi connectivity index (χ2v) is 8.28. The third-order valence-electron chi connectivity index (χ3n) is 5.53. The Hall–Kier alpha value is -3.05. The van der Waals surface area contributed by atoms with Gasteiger partial charge in [-0.15, -0.1) is 10.2 Å². The maximum Gasteiger partial charge on any atom is 0.191 e. The Bertz CT molecular complexity index is 1310. The van der Waals surface area contributed by atoms with Crippen LogP contribution in [-0.2, 0) is 19.2 Å². The fourth-order valence-corrected chi connectivity index (χ4v) is 4.94. The molecular weight excluding hydrogens is 376 g/mol. The molecule has 3 aromatic carbocycles. The lowest BCUT2D eigenvalue weighted by Crippen LogP contribution is -2.01. The normalized spacial score (nSPS) is 11.5. The third-order valence-corrected chi connectivity index (χ3v) is 6.57. The van der Waals surface area contributed by atoms with Gasteiger partial charge in [0.25, 0.3) is 0 Å². The average molecular weight is 399 g/mol. The van der Waals surface area contributed by atoms with Crippen LogP contribution in [0.1, 0.15) is 22.6 Å². The zero-order chi connectivity index (χ0) is 19.8. The summed E-state index contributed by atoms with van der Waals surface area (Å²) in [5.74, 6) is 1.86. The number of aromatic nitrogens is 4. The Labute approximate surface area is 174 Å². The molecule has 29 heavy (non-hydrogen) atoms. The summed E-state index contributed by atoms with van der Waals surface area (Å²) >= 11 is 1.74. The number of thioether (sulfide) groups is 1. The summed E-state index contributed by atoms with van der Waals surface area (Å²) in [6, 6.07) is 23.4. The van der Waals surface area contributed by atoms with E-state index in [9.17, 15) is 0 Å². The molecule has 0 amide bonds. The predicted molar refractivity (Wildman–Crippen MR) is 120 cm³/mol. The summed E-state index contributed by atoms with van der Waals surface area (Å²) in [5.41, 5.74) is 5.03. The van der Waals surface area contributed by atoms with Gasteiger partial charge in [-0.05, 0) is 34.9 Å². The molecule has 0 aliphatic heterocycles. The molecule has 0 bridgehead atoms. The zero-order valence-corrected chi connectivity index (χ0v) is 17.3. The first-order chi connectivity index (χ1) is 14.2. The van der Waals surface area contributed by atoms with Gasteiger partial charge >= 0.3 is 0 Å². The molecule has 0 spiro atoms. The summed E-state index contributed by atoms with van der Waals surface area (Å²) in [6.07, 6.45) is 0.775. The van der Waals surface area contributed by atoms with Crippen molar-refractivity contribution in [3.63, 3.8) is 0 Å². The predicted octanol–water partition coefficient (Wildman–Crippen LogP) is 5.64. The van der Waals surface area contributed by atoms with Gasteiger partial charge in [0.2, 0.25) is 0 Å². The molecule has 5 heteroatoms. The van der Waals surface area contributed by atoms with Gasteiger partial charge in [-0.1, -0.05) is 72.4 Å². The molecule has 5 rings (SSSR count). The number of aryl methyl sites for hydroxylation is 1. The van der Waals surface area contributed by atoms with E-state index in [1.807, 2.05) is 0 Å². The van der Waals surface area contributed by atoms with Crippen molar-refractivity contribution in [3.8, 4) is 0 Å². The second-order valence-electron chi connectivity index (χ2n) is 7.34. The summed E-state index contributed by atoms with van der Waals surface area (Å²) in [4.78, 5) is 3.48. The van der Waals surface area contributed by atoms with E-state index in [1.54, 1.807) is 11.8 Å². The number of hydrogen-bond acceptors (Lipinski definition) is 3. The smallest absolute Gasteiger partial charge is 0.191 e. The van der Waals surface area contributed by atoms with Crippen molar-refractivity contribution in [1.29, 1.82) is 0 Å². The maximum atomic E-state index is 4.49. The number of rotatable bonds is 5. The van der Waals surface area contributed by atoms with E-state index in [0.717, 1.165) is 23.2 Å². The summed E-state index contributed by atoms with van der Waals surface area (Å²) < 4.78 is 2.12. The van der Waals surface area contributed by atoms with E-state index in [2.05, 4.69) is 100 Å². The quantitative estimate of drug-likeness (QED) is 0.390. The molecule has 0 saturated carbocycles. The van der Waals surface area contributed by atoms with Gasteiger partial charge in [0.1, 0.15) is 5.82 Å². The lowest BCUT2D eigenvalue weighted by molar-refractivity contribution is 0.750. The number of H-pyrrole nitrogens is 1. The molecule has 0 aliphatic rings. The van der Waals surface area contributed by atoms with Gasteiger partial charge in [-0.2, -0.15) is 0 Å². The van der Waals surface area contributed by atoms with Crippen LogP contribution < -0.4 is 0 Å². The highest BCUT2D eigenvalue weighted by Gasteiger charge is 2.14. The number of fused-ring (bicyclic) bond motifs is 2. The van der Waals surface area contributed by atoms with E-state index in [-0.39, 0.29) is 0 Å². The highest BCUT2D eigenvalue weighted by Crippen LogP contribution is 2.29. The number of benzene rings is 3. The summed E-state index contributed by atoms with van der Waals surface area (Å²) in [5, 5.41) is 13.7. The molecule has 0 atom stereocenters. The lowest BCUT2D eigenvalue weighted by Gasteiger charge is -2.07. The first kappa shape index (κ1) is 18.0. The molecule has 5 aromatic rings. The molecule has 0 aliphatic carbocycles. The number of hydrogen-bond donors (Lipinski definition) is 1.